The number of hydrogen-bond acceptors (Lipinski definition) is 3. The first-order chi connectivity index (χ1) is 9.73. The minimum Gasteiger partial charge on any atom is -0.497 e. The molecule has 1 amide bonds. The second-order valence-corrected chi connectivity index (χ2v) is 5.75. The van der Waals surface area contributed by atoms with Crippen molar-refractivity contribution in [1.82, 2.24) is 5.43 Å². The van der Waals surface area contributed by atoms with Crippen LogP contribution in [0.5, 0.6) is 5.75 Å². The van der Waals surface area contributed by atoms with Crippen molar-refractivity contribution in [3.63, 3.8) is 0 Å². The van der Waals surface area contributed by atoms with Crippen LogP contribution in [0.25, 0.3) is 0 Å². The number of carbonyl (C=O) groups is 1. The minimum atomic E-state index is -0.227. The van der Waals surface area contributed by atoms with E-state index < -0.39 is 0 Å². The van der Waals surface area contributed by atoms with Crippen LogP contribution in [-0.2, 0) is 4.79 Å². The normalized spacial score (nSPS) is 21.2. The molecule has 1 N–H and O–H groups in total. The Labute approximate surface area is 119 Å². The monoisotopic (exact) mass is 272 g/mol. The van der Waals surface area contributed by atoms with Gasteiger partial charge in [-0.15, -0.1) is 0 Å². The Morgan fingerprint density at radius 1 is 1.15 bits per heavy atom. The van der Waals surface area contributed by atoms with Gasteiger partial charge in [0.2, 0.25) is 5.91 Å². The number of rotatable bonds is 2. The molecule has 1 aromatic carbocycles. The molecule has 1 aromatic rings. The van der Waals surface area contributed by atoms with Crippen molar-refractivity contribution in [2.24, 2.45) is 10.5 Å². The average Bonchev–Trinajstić information content (AvgIpc) is 2.51. The molecular weight excluding hydrogens is 252 g/mol. The fraction of sp³-hybridized carbons (Fsp3) is 0.500. The van der Waals surface area contributed by atoms with E-state index in [-0.39, 0.29) is 11.3 Å². The summed E-state index contributed by atoms with van der Waals surface area (Å²) in [6, 6.07) is 7.88. The highest BCUT2D eigenvalue weighted by Crippen LogP contribution is 2.42. The quantitative estimate of drug-likeness (QED) is 0.900. The van der Waals surface area contributed by atoms with Gasteiger partial charge >= 0.3 is 0 Å². The van der Waals surface area contributed by atoms with Crippen molar-refractivity contribution in [1.29, 1.82) is 0 Å². The number of benzene rings is 1. The number of hydrogen-bond donors (Lipinski definition) is 1. The lowest BCUT2D eigenvalue weighted by molar-refractivity contribution is -0.133. The van der Waals surface area contributed by atoms with Gasteiger partial charge in [-0.05, 0) is 42.7 Å². The average molecular weight is 272 g/mol. The summed E-state index contributed by atoms with van der Waals surface area (Å²) in [5.74, 6) is 0.941. The first kappa shape index (κ1) is 13.2. The maximum absolute atomic E-state index is 12.2. The van der Waals surface area contributed by atoms with Crippen molar-refractivity contribution < 1.29 is 9.53 Å². The number of nitrogens with zero attached hydrogens (tertiary/aromatic N) is 1. The van der Waals surface area contributed by atoms with E-state index in [0.717, 1.165) is 49.1 Å². The van der Waals surface area contributed by atoms with Crippen LogP contribution in [0, 0.1) is 5.41 Å². The third kappa shape index (κ3) is 2.30. The first-order valence-corrected chi connectivity index (χ1v) is 7.25. The largest absolute Gasteiger partial charge is 0.497 e. The number of carbonyl (C=O) groups excluding carboxylic acids is 1. The smallest absolute Gasteiger partial charge is 0.246 e. The van der Waals surface area contributed by atoms with Gasteiger partial charge in [0.1, 0.15) is 5.75 Å². The van der Waals surface area contributed by atoms with Gasteiger partial charge in [-0.1, -0.05) is 19.3 Å². The fourth-order valence-electron chi connectivity index (χ4n) is 3.26. The lowest BCUT2D eigenvalue weighted by Gasteiger charge is -2.38. The Hall–Kier alpha value is -1.84. The summed E-state index contributed by atoms with van der Waals surface area (Å²) in [4.78, 5) is 12.2. The zero-order valence-electron chi connectivity index (χ0n) is 11.8. The second kappa shape index (κ2) is 5.27. The Morgan fingerprint density at radius 3 is 2.50 bits per heavy atom. The van der Waals surface area contributed by atoms with Gasteiger partial charge in [0.25, 0.3) is 0 Å². The Balaban J connectivity index is 1.85. The van der Waals surface area contributed by atoms with Crippen LogP contribution in [-0.4, -0.2) is 18.7 Å². The van der Waals surface area contributed by atoms with Crippen LogP contribution in [0.4, 0.5) is 0 Å². The molecule has 4 heteroatoms. The highest BCUT2D eigenvalue weighted by atomic mass is 16.5. The number of ether oxygens (including phenoxy) is 1. The highest BCUT2D eigenvalue weighted by Gasteiger charge is 2.42. The molecule has 0 saturated heterocycles. The molecule has 1 aliphatic heterocycles. The van der Waals surface area contributed by atoms with Crippen molar-refractivity contribution in [3.05, 3.63) is 29.8 Å². The molecule has 1 spiro atoms. The van der Waals surface area contributed by atoms with E-state index in [1.54, 1.807) is 7.11 Å². The van der Waals surface area contributed by atoms with Gasteiger partial charge < -0.3 is 4.74 Å². The molecule has 3 rings (SSSR count). The second-order valence-electron chi connectivity index (χ2n) is 5.75. The predicted octanol–water partition coefficient (Wildman–Crippen LogP) is 2.87. The Bertz CT molecular complexity index is 528. The summed E-state index contributed by atoms with van der Waals surface area (Å²) in [5, 5.41) is 4.26. The number of hydrazone groups is 1. The molecule has 20 heavy (non-hydrogen) atoms. The van der Waals surface area contributed by atoms with Gasteiger partial charge in [0, 0.05) is 6.42 Å². The number of amides is 1. The van der Waals surface area contributed by atoms with Crippen molar-refractivity contribution in [3.8, 4) is 5.75 Å². The summed E-state index contributed by atoms with van der Waals surface area (Å²) >= 11 is 0. The standard InChI is InChI=1S/C16H20N2O2/c1-20-13-7-5-12(6-8-13)14-11-16(15(19)18-17-14)9-3-2-4-10-16/h5-8H,2-4,9-11H2,1H3,(H,18,19). The minimum absolute atomic E-state index is 0.106. The van der Waals surface area contributed by atoms with Crippen LogP contribution in [0.15, 0.2) is 29.4 Å². The van der Waals surface area contributed by atoms with E-state index >= 15 is 0 Å². The number of nitrogens with one attached hydrogen (secondary N) is 1. The lowest BCUT2D eigenvalue weighted by atomic mass is 9.69. The molecule has 0 bridgehead atoms. The van der Waals surface area contributed by atoms with E-state index in [4.69, 9.17) is 4.74 Å². The van der Waals surface area contributed by atoms with Crippen LogP contribution in [0.1, 0.15) is 44.1 Å². The predicted molar refractivity (Wildman–Crippen MR) is 77.8 cm³/mol. The maximum atomic E-state index is 12.2. The van der Waals surface area contributed by atoms with Gasteiger partial charge in [-0.25, -0.2) is 5.43 Å². The molecule has 0 aromatic heterocycles. The van der Waals surface area contributed by atoms with Gasteiger partial charge in [-0.2, -0.15) is 5.10 Å². The van der Waals surface area contributed by atoms with E-state index in [1.165, 1.54) is 6.42 Å². The van der Waals surface area contributed by atoms with Gasteiger partial charge in [0.05, 0.1) is 18.2 Å². The van der Waals surface area contributed by atoms with E-state index in [1.807, 2.05) is 24.3 Å². The van der Waals surface area contributed by atoms with E-state index in [2.05, 4.69) is 10.5 Å². The summed E-state index contributed by atoms with van der Waals surface area (Å²) < 4.78 is 5.17. The SMILES string of the molecule is COc1ccc(C2=NNC(=O)C3(CCCCC3)C2)cc1. The Kier molecular flexibility index (Phi) is 3.47. The van der Waals surface area contributed by atoms with Gasteiger partial charge in [-0.3, -0.25) is 4.79 Å². The zero-order valence-corrected chi connectivity index (χ0v) is 11.8. The molecule has 0 unspecified atom stereocenters. The summed E-state index contributed by atoms with van der Waals surface area (Å²) in [5.41, 5.74) is 4.56. The molecule has 0 radical (unpaired) electrons. The lowest BCUT2D eigenvalue weighted by Crippen LogP contribution is -2.46. The van der Waals surface area contributed by atoms with Crippen LogP contribution in [0.3, 0.4) is 0 Å². The van der Waals surface area contributed by atoms with Crippen LogP contribution >= 0.6 is 0 Å². The highest BCUT2D eigenvalue weighted by molar-refractivity contribution is 6.06. The molecule has 1 fully saturated rings. The van der Waals surface area contributed by atoms with Gasteiger partial charge in [0.15, 0.2) is 0 Å². The Morgan fingerprint density at radius 2 is 1.85 bits per heavy atom. The van der Waals surface area contributed by atoms with Crippen molar-refractivity contribution >= 4 is 11.6 Å². The molecule has 2 aliphatic rings. The third-order valence-electron chi connectivity index (χ3n) is 4.51. The first-order valence-electron chi connectivity index (χ1n) is 7.25. The molecule has 106 valence electrons. The summed E-state index contributed by atoms with van der Waals surface area (Å²) in [7, 11) is 1.66. The number of methoxy groups -OCH3 is 1. The van der Waals surface area contributed by atoms with Crippen LogP contribution in [0.2, 0.25) is 0 Å². The third-order valence-corrected chi connectivity index (χ3v) is 4.51. The molecular formula is C16H20N2O2. The molecule has 0 atom stereocenters. The summed E-state index contributed by atoms with van der Waals surface area (Å²) in [6.07, 6.45) is 6.24. The molecule has 1 heterocycles. The fourth-order valence-corrected chi connectivity index (χ4v) is 3.26. The molecule has 4 nitrogen and oxygen atoms in total. The molecule has 1 saturated carbocycles. The van der Waals surface area contributed by atoms with Crippen LogP contribution < -0.4 is 10.2 Å². The van der Waals surface area contributed by atoms with E-state index in [9.17, 15) is 4.79 Å². The summed E-state index contributed by atoms with van der Waals surface area (Å²) in [6.45, 7) is 0. The topological polar surface area (TPSA) is 50.7 Å². The maximum Gasteiger partial charge on any atom is 0.246 e. The van der Waals surface area contributed by atoms with E-state index in [0.29, 0.717) is 0 Å². The van der Waals surface area contributed by atoms with Crippen molar-refractivity contribution in [2.45, 2.75) is 38.5 Å². The van der Waals surface area contributed by atoms with Crippen molar-refractivity contribution in [2.75, 3.05) is 7.11 Å². The molecule has 1 aliphatic carbocycles. The zero-order chi connectivity index (χ0) is 14.0.